The lowest BCUT2D eigenvalue weighted by molar-refractivity contribution is -0.124. The quantitative estimate of drug-likeness (QED) is 0.790. The minimum atomic E-state index is -0.174. The van der Waals surface area contributed by atoms with Gasteiger partial charge in [-0.25, -0.2) is 0 Å². The molecule has 0 aromatic heterocycles. The molecule has 0 aliphatic heterocycles. The van der Waals surface area contributed by atoms with Gasteiger partial charge in [0, 0.05) is 12.6 Å². The van der Waals surface area contributed by atoms with Crippen molar-refractivity contribution in [2.45, 2.75) is 33.2 Å². The molecule has 0 aliphatic carbocycles. The first-order valence-corrected chi connectivity index (χ1v) is 6.68. The third kappa shape index (κ3) is 5.30. The number of aliphatic hydroxyl groups excluding tert-OH is 1. The third-order valence-corrected chi connectivity index (χ3v) is 3.23. The van der Waals surface area contributed by atoms with E-state index >= 15 is 0 Å². The number of amides is 1. The number of aryl methyl sites for hydroxylation is 1. The van der Waals surface area contributed by atoms with Crippen LogP contribution in [0.4, 0.5) is 0 Å². The normalized spacial score (nSPS) is 13.7. The van der Waals surface area contributed by atoms with Crippen LogP contribution in [-0.4, -0.2) is 30.3 Å². The summed E-state index contributed by atoms with van der Waals surface area (Å²) in [6, 6.07) is 7.65. The van der Waals surface area contributed by atoms with Crippen molar-refractivity contribution in [1.82, 2.24) is 5.32 Å². The van der Waals surface area contributed by atoms with Crippen LogP contribution in [0.1, 0.15) is 26.3 Å². The molecule has 0 heterocycles. The number of aliphatic hydroxyl groups is 1. The molecule has 0 radical (unpaired) electrons. The minimum absolute atomic E-state index is 0.00599. The Morgan fingerprint density at radius 3 is 2.47 bits per heavy atom. The average Bonchev–Trinajstić information content (AvgIpc) is 2.44. The van der Waals surface area contributed by atoms with E-state index in [2.05, 4.69) is 12.2 Å². The number of rotatable bonds is 7. The molecule has 1 rings (SSSR count). The maximum Gasteiger partial charge on any atom is 0.258 e. The molecule has 0 bridgehead atoms. The maximum atomic E-state index is 11.7. The first-order valence-electron chi connectivity index (χ1n) is 6.68. The van der Waals surface area contributed by atoms with Crippen molar-refractivity contribution in [3.63, 3.8) is 0 Å². The van der Waals surface area contributed by atoms with Crippen molar-refractivity contribution in [1.29, 1.82) is 0 Å². The van der Waals surface area contributed by atoms with Gasteiger partial charge in [-0.05, 0) is 37.0 Å². The molecule has 0 saturated carbocycles. The SMILES string of the molecule is CCc1ccc(OCC(=O)NC(C)C(C)CO)cc1. The molecule has 0 aliphatic rings. The molecule has 0 saturated heterocycles. The van der Waals surface area contributed by atoms with Gasteiger partial charge in [-0.3, -0.25) is 4.79 Å². The first-order chi connectivity index (χ1) is 9.06. The number of benzene rings is 1. The number of ether oxygens (including phenoxy) is 1. The van der Waals surface area contributed by atoms with Gasteiger partial charge >= 0.3 is 0 Å². The van der Waals surface area contributed by atoms with E-state index in [0.717, 1.165) is 6.42 Å². The fourth-order valence-corrected chi connectivity index (χ4v) is 1.57. The number of carbonyl (C=O) groups excluding carboxylic acids is 1. The lowest BCUT2D eigenvalue weighted by Crippen LogP contribution is -2.40. The molecular weight excluding hydrogens is 242 g/mol. The van der Waals surface area contributed by atoms with E-state index in [1.54, 1.807) is 0 Å². The topological polar surface area (TPSA) is 58.6 Å². The van der Waals surface area contributed by atoms with Crippen molar-refractivity contribution in [3.8, 4) is 5.75 Å². The van der Waals surface area contributed by atoms with Crippen molar-refractivity contribution in [2.75, 3.05) is 13.2 Å². The smallest absolute Gasteiger partial charge is 0.258 e. The van der Waals surface area contributed by atoms with Gasteiger partial charge < -0.3 is 15.2 Å². The second kappa shape index (κ2) is 7.79. The summed E-state index contributed by atoms with van der Waals surface area (Å²) in [7, 11) is 0. The first kappa shape index (κ1) is 15.5. The third-order valence-electron chi connectivity index (χ3n) is 3.23. The highest BCUT2D eigenvalue weighted by Gasteiger charge is 2.13. The Balaban J connectivity index is 2.37. The molecule has 0 spiro atoms. The van der Waals surface area contributed by atoms with Gasteiger partial charge in [-0.15, -0.1) is 0 Å². The molecular formula is C15H23NO3. The van der Waals surface area contributed by atoms with E-state index in [9.17, 15) is 4.79 Å². The predicted molar refractivity (Wildman–Crippen MR) is 75.2 cm³/mol. The van der Waals surface area contributed by atoms with Gasteiger partial charge in [-0.1, -0.05) is 26.0 Å². The molecule has 19 heavy (non-hydrogen) atoms. The largest absolute Gasteiger partial charge is 0.484 e. The van der Waals surface area contributed by atoms with Gasteiger partial charge in [-0.2, -0.15) is 0 Å². The summed E-state index contributed by atoms with van der Waals surface area (Å²) in [6.45, 7) is 5.89. The van der Waals surface area contributed by atoms with Gasteiger partial charge in [0.25, 0.3) is 5.91 Å². The van der Waals surface area contributed by atoms with Crippen LogP contribution in [0, 0.1) is 5.92 Å². The summed E-state index contributed by atoms with van der Waals surface area (Å²) >= 11 is 0. The van der Waals surface area contributed by atoms with Crippen molar-refractivity contribution >= 4 is 5.91 Å². The summed E-state index contributed by atoms with van der Waals surface area (Å²) in [6.07, 6.45) is 0.983. The number of hydrogen-bond acceptors (Lipinski definition) is 3. The van der Waals surface area contributed by atoms with Crippen LogP contribution in [0.2, 0.25) is 0 Å². The molecule has 2 unspecified atom stereocenters. The van der Waals surface area contributed by atoms with Crippen LogP contribution in [0.3, 0.4) is 0 Å². The predicted octanol–water partition coefficient (Wildman–Crippen LogP) is 1.76. The van der Waals surface area contributed by atoms with E-state index in [0.29, 0.717) is 5.75 Å². The zero-order valence-electron chi connectivity index (χ0n) is 11.8. The van der Waals surface area contributed by atoms with Crippen LogP contribution in [0.25, 0.3) is 0 Å². The molecule has 1 aromatic carbocycles. The Kier molecular flexibility index (Phi) is 6.36. The summed E-state index contributed by atoms with van der Waals surface area (Å²) in [5.41, 5.74) is 1.24. The summed E-state index contributed by atoms with van der Waals surface area (Å²) < 4.78 is 5.41. The van der Waals surface area contributed by atoms with E-state index in [4.69, 9.17) is 9.84 Å². The van der Waals surface area contributed by atoms with E-state index in [1.165, 1.54) is 5.56 Å². The van der Waals surface area contributed by atoms with Gasteiger partial charge in [0.1, 0.15) is 5.75 Å². The Hall–Kier alpha value is -1.55. The van der Waals surface area contributed by atoms with Crippen LogP contribution in [-0.2, 0) is 11.2 Å². The van der Waals surface area contributed by atoms with E-state index in [-0.39, 0.29) is 31.1 Å². The van der Waals surface area contributed by atoms with Crippen LogP contribution in [0.5, 0.6) is 5.75 Å². The Bertz CT molecular complexity index is 389. The average molecular weight is 265 g/mol. The fraction of sp³-hybridized carbons (Fsp3) is 0.533. The summed E-state index contributed by atoms with van der Waals surface area (Å²) in [5, 5.41) is 11.8. The monoisotopic (exact) mass is 265 g/mol. The summed E-state index contributed by atoms with van der Waals surface area (Å²) in [5.74, 6) is 0.551. The number of hydrogen-bond donors (Lipinski definition) is 2. The number of carbonyl (C=O) groups is 1. The molecule has 0 fully saturated rings. The van der Waals surface area contributed by atoms with Crippen LogP contribution in [0.15, 0.2) is 24.3 Å². The lowest BCUT2D eigenvalue weighted by atomic mass is 10.1. The molecule has 4 heteroatoms. The zero-order chi connectivity index (χ0) is 14.3. The Morgan fingerprint density at radius 2 is 1.95 bits per heavy atom. The molecule has 1 aromatic rings. The highest BCUT2D eigenvalue weighted by atomic mass is 16.5. The minimum Gasteiger partial charge on any atom is -0.484 e. The van der Waals surface area contributed by atoms with Crippen LogP contribution >= 0.6 is 0 Å². The fourth-order valence-electron chi connectivity index (χ4n) is 1.57. The molecule has 2 atom stereocenters. The summed E-state index contributed by atoms with van der Waals surface area (Å²) in [4.78, 5) is 11.7. The van der Waals surface area contributed by atoms with Crippen molar-refractivity contribution in [2.24, 2.45) is 5.92 Å². The van der Waals surface area contributed by atoms with Crippen molar-refractivity contribution in [3.05, 3.63) is 29.8 Å². The van der Waals surface area contributed by atoms with E-state index in [1.807, 2.05) is 38.1 Å². The Labute approximate surface area is 114 Å². The van der Waals surface area contributed by atoms with Crippen molar-refractivity contribution < 1.29 is 14.6 Å². The second-order valence-electron chi connectivity index (χ2n) is 4.80. The van der Waals surface area contributed by atoms with Crippen LogP contribution < -0.4 is 10.1 Å². The maximum absolute atomic E-state index is 11.7. The second-order valence-corrected chi connectivity index (χ2v) is 4.80. The zero-order valence-corrected chi connectivity index (χ0v) is 11.8. The van der Waals surface area contributed by atoms with E-state index < -0.39 is 0 Å². The number of nitrogens with one attached hydrogen (secondary N) is 1. The standard InChI is InChI=1S/C15H23NO3/c1-4-13-5-7-14(8-6-13)19-10-15(18)16-12(3)11(2)9-17/h5-8,11-12,17H,4,9-10H2,1-3H3,(H,16,18). The molecule has 1 amide bonds. The highest BCUT2D eigenvalue weighted by Crippen LogP contribution is 2.12. The molecule has 4 nitrogen and oxygen atoms in total. The Morgan fingerprint density at radius 1 is 1.32 bits per heavy atom. The highest BCUT2D eigenvalue weighted by molar-refractivity contribution is 5.77. The molecule has 2 N–H and O–H groups in total. The lowest BCUT2D eigenvalue weighted by Gasteiger charge is -2.19. The molecule has 106 valence electrons. The van der Waals surface area contributed by atoms with Gasteiger partial charge in [0.05, 0.1) is 0 Å². The van der Waals surface area contributed by atoms with Gasteiger partial charge in [0.15, 0.2) is 6.61 Å². The van der Waals surface area contributed by atoms with Gasteiger partial charge in [0.2, 0.25) is 0 Å².